The Balaban J connectivity index is 1.67. The van der Waals surface area contributed by atoms with Crippen molar-refractivity contribution in [3.8, 4) is 0 Å². The van der Waals surface area contributed by atoms with Gasteiger partial charge in [-0.3, -0.25) is 4.79 Å². The zero-order chi connectivity index (χ0) is 15.1. The molecule has 0 saturated heterocycles. The van der Waals surface area contributed by atoms with Gasteiger partial charge in [0.25, 0.3) is 5.91 Å². The van der Waals surface area contributed by atoms with Crippen LogP contribution in [0.3, 0.4) is 0 Å². The number of halogens is 1. The second kappa shape index (κ2) is 8.17. The van der Waals surface area contributed by atoms with Gasteiger partial charge in [0.2, 0.25) is 0 Å². The number of nitrogens with two attached hydrogens (primary N) is 1. The number of hydrogen-bond acceptors (Lipinski definition) is 2. The number of carbonyl (C=O) groups excluding carboxylic acids is 1. The lowest BCUT2D eigenvalue weighted by molar-refractivity contribution is -0.682. The molecule has 1 aromatic heterocycles. The van der Waals surface area contributed by atoms with Crippen molar-refractivity contribution in [2.24, 2.45) is 0 Å². The summed E-state index contributed by atoms with van der Waals surface area (Å²) in [4.78, 5) is 13.1. The molecule has 1 aromatic carbocycles. The van der Waals surface area contributed by atoms with E-state index in [1.165, 1.54) is 10.4 Å². The molecule has 0 aliphatic carbocycles. The van der Waals surface area contributed by atoms with Crippen LogP contribution >= 0.6 is 22.9 Å². The summed E-state index contributed by atoms with van der Waals surface area (Å²) in [5, 5.41) is 7.77. The second-order valence-electron chi connectivity index (χ2n) is 4.96. The van der Waals surface area contributed by atoms with Gasteiger partial charge in [0.05, 0.1) is 0 Å². The maximum Gasteiger partial charge on any atom is 0.275 e. The lowest BCUT2D eigenvalue weighted by Crippen LogP contribution is -2.87. The molecule has 0 fully saturated rings. The molecule has 0 radical (unpaired) electrons. The number of nitrogens with one attached hydrogen (secondary N) is 1. The molecule has 1 atom stereocenters. The predicted molar refractivity (Wildman–Crippen MR) is 87.7 cm³/mol. The van der Waals surface area contributed by atoms with Crippen molar-refractivity contribution < 1.29 is 10.1 Å². The summed E-state index contributed by atoms with van der Waals surface area (Å²) in [5.74, 6) is 0.0763. The number of benzene rings is 1. The molecule has 0 saturated carbocycles. The van der Waals surface area contributed by atoms with E-state index in [1.54, 1.807) is 11.3 Å². The van der Waals surface area contributed by atoms with Gasteiger partial charge in [-0.1, -0.05) is 29.8 Å². The Bertz CT molecular complexity index is 554. The SMILES string of the molecule is C[C@H]([NH2+]CC(=O)NCCc1cccs1)c1ccc(Cl)cc1. The summed E-state index contributed by atoms with van der Waals surface area (Å²) in [7, 11) is 0. The number of amides is 1. The average Bonchev–Trinajstić information content (AvgIpc) is 2.99. The highest BCUT2D eigenvalue weighted by atomic mass is 35.5. The van der Waals surface area contributed by atoms with Crippen LogP contribution in [0.5, 0.6) is 0 Å². The van der Waals surface area contributed by atoms with E-state index in [2.05, 4.69) is 23.7 Å². The molecule has 112 valence electrons. The van der Waals surface area contributed by atoms with Gasteiger partial charge in [0.15, 0.2) is 6.54 Å². The van der Waals surface area contributed by atoms with Crippen LogP contribution in [-0.4, -0.2) is 19.0 Å². The molecule has 5 heteroatoms. The van der Waals surface area contributed by atoms with Crippen LogP contribution in [0.4, 0.5) is 0 Å². The lowest BCUT2D eigenvalue weighted by Gasteiger charge is -2.11. The van der Waals surface area contributed by atoms with Gasteiger partial charge in [-0.05, 0) is 36.9 Å². The topological polar surface area (TPSA) is 45.7 Å². The van der Waals surface area contributed by atoms with E-state index < -0.39 is 0 Å². The van der Waals surface area contributed by atoms with E-state index in [0.717, 1.165) is 11.4 Å². The van der Waals surface area contributed by atoms with Crippen molar-refractivity contribution in [3.05, 3.63) is 57.2 Å². The van der Waals surface area contributed by atoms with Crippen LogP contribution < -0.4 is 10.6 Å². The Morgan fingerprint density at radius 1 is 1.33 bits per heavy atom. The van der Waals surface area contributed by atoms with Crippen LogP contribution in [0.2, 0.25) is 5.02 Å². The fraction of sp³-hybridized carbons (Fsp3) is 0.312. The number of thiophene rings is 1. The molecular formula is C16H20ClN2OS+. The molecule has 2 aromatic rings. The highest BCUT2D eigenvalue weighted by molar-refractivity contribution is 7.09. The van der Waals surface area contributed by atoms with Crippen LogP contribution in [-0.2, 0) is 11.2 Å². The number of quaternary nitrogens is 1. The fourth-order valence-electron chi connectivity index (χ4n) is 2.04. The maximum absolute atomic E-state index is 11.8. The van der Waals surface area contributed by atoms with E-state index in [9.17, 15) is 4.79 Å². The van der Waals surface area contributed by atoms with Gasteiger partial charge in [-0.25, -0.2) is 0 Å². The highest BCUT2D eigenvalue weighted by Crippen LogP contribution is 2.13. The van der Waals surface area contributed by atoms with Gasteiger partial charge in [-0.15, -0.1) is 11.3 Å². The van der Waals surface area contributed by atoms with Crippen molar-refractivity contribution in [1.29, 1.82) is 0 Å². The first-order chi connectivity index (χ1) is 10.1. The largest absolute Gasteiger partial charge is 0.351 e. The maximum atomic E-state index is 11.8. The van der Waals surface area contributed by atoms with Gasteiger partial charge < -0.3 is 10.6 Å². The smallest absolute Gasteiger partial charge is 0.275 e. The standard InChI is InChI=1S/C16H19ClN2OS/c1-12(13-4-6-14(17)7-5-13)19-11-16(20)18-9-8-15-3-2-10-21-15/h2-7,10,12,19H,8-9,11H2,1H3,(H,18,20)/p+1/t12-/m0/s1. The number of rotatable bonds is 7. The molecule has 1 amide bonds. The van der Waals surface area contributed by atoms with Crippen molar-refractivity contribution in [1.82, 2.24) is 5.32 Å². The zero-order valence-electron chi connectivity index (χ0n) is 12.0. The van der Waals surface area contributed by atoms with Crippen LogP contribution in [0, 0.1) is 0 Å². The Morgan fingerprint density at radius 2 is 2.10 bits per heavy atom. The third-order valence-electron chi connectivity index (χ3n) is 3.33. The molecule has 0 bridgehead atoms. The zero-order valence-corrected chi connectivity index (χ0v) is 13.6. The fourth-order valence-corrected chi connectivity index (χ4v) is 2.87. The summed E-state index contributed by atoms with van der Waals surface area (Å²) in [5.41, 5.74) is 1.17. The number of carbonyl (C=O) groups is 1. The quantitative estimate of drug-likeness (QED) is 0.807. The van der Waals surface area contributed by atoms with E-state index in [-0.39, 0.29) is 11.9 Å². The van der Waals surface area contributed by atoms with Crippen LogP contribution in [0.1, 0.15) is 23.4 Å². The minimum absolute atomic E-state index is 0.0763. The van der Waals surface area contributed by atoms with Crippen LogP contribution in [0.15, 0.2) is 41.8 Å². The molecule has 0 spiro atoms. The van der Waals surface area contributed by atoms with Crippen molar-refractivity contribution >= 4 is 28.8 Å². The molecule has 0 aliphatic heterocycles. The average molecular weight is 324 g/mol. The van der Waals surface area contributed by atoms with E-state index >= 15 is 0 Å². The normalized spacial score (nSPS) is 12.1. The van der Waals surface area contributed by atoms with Crippen molar-refractivity contribution in [2.75, 3.05) is 13.1 Å². The summed E-state index contributed by atoms with van der Waals surface area (Å²) in [6, 6.07) is 12.1. The van der Waals surface area contributed by atoms with E-state index in [1.807, 2.05) is 35.6 Å². The Hall–Kier alpha value is -1.36. The molecule has 1 heterocycles. The van der Waals surface area contributed by atoms with Crippen molar-refractivity contribution in [3.63, 3.8) is 0 Å². The predicted octanol–water partition coefficient (Wildman–Crippen LogP) is 2.38. The summed E-state index contributed by atoms with van der Waals surface area (Å²) >= 11 is 7.59. The summed E-state index contributed by atoms with van der Waals surface area (Å²) in [6.45, 7) is 3.22. The molecule has 3 N–H and O–H groups in total. The van der Waals surface area contributed by atoms with E-state index in [4.69, 9.17) is 11.6 Å². The Kier molecular flexibility index (Phi) is 6.23. The molecule has 3 nitrogen and oxygen atoms in total. The Labute approximate surface area is 134 Å². The van der Waals surface area contributed by atoms with E-state index in [0.29, 0.717) is 13.1 Å². The summed E-state index contributed by atoms with van der Waals surface area (Å²) in [6.07, 6.45) is 0.899. The summed E-state index contributed by atoms with van der Waals surface area (Å²) < 4.78 is 0. The molecule has 0 unspecified atom stereocenters. The number of hydrogen-bond donors (Lipinski definition) is 2. The first-order valence-corrected chi connectivity index (χ1v) is 8.29. The minimum atomic E-state index is 0.0763. The lowest BCUT2D eigenvalue weighted by atomic mass is 10.1. The van der Waals surface area contributed by atoms with Gasteiger partial charge >= 0.3 is 0 Å². The third-order valence-corrected chi connectivity index (χ3v) is 4.51. The van der Waals surface area contributed by atoms with Crippen LogP contribution in [0.25, 0.3) is 0 Å². The second-order valence-corrected chi connectivity index (χ2v) is 6.43. The van der Waals surface area contributed by atoms with Gasteiger partial charge in [0.1, 0.15) is 6.04 Å². The molecular weight excluding hydrogens is 304 g/mol. The first-order valence-electron chi connectivity index (χ1n) is 7.03. The first kappa shape index (κ1) is 16.0. The van der Waals surface area contributed by atoms with Gasteiger partial charge in [-0.2, -0.15) is 0 Å². The Morgan fingerprint density at radius 3 is 2.76 bits per heavy atom. The van der Waals surface area contributed by atoms with Gasteiger partial charge in [0, 0.05) is 22.0 Å². The third kappa shape index (κ3) is 5.50. The molecule has 21 heavy (non-hydrogen) atoms. The minimum Gasteiger partial charge on any atom is -0.351 e. The molecule has 2 rings (SSSR count). The van der Waals surface area contributed by atoms with Crippen molar-refractivity contribution in [2.45, 2.75) is 19.4 Å². The molecule has 0 aliphatic rings. The monoisotopic (exact) mass is 323 g/mol. The highest BCUT2D eigenvalue weighted by Gasteiger charge is 2.11.